The number of rotatable bonds is 9. The van der Waals surface area contributed by atoms with Gasteiger partial charge in [0.05, 0.1) is 25.3 Å². The van der Waals surface area contributed by atoms with Crippen molar-refractivity contribution >= 4 is 11.7 Å². The molecule has 0 unspecified atom stereocenters. The molecule has 0 aliphatic rings. The molecule has 2 rings (SSSR count). The van der Waals surface area contributed by atoms with E-state index in [0.717, 1.165) is 0 Å². The predicted molar refractivity (Wildman–Crippen MR) is 88.9 cm³/mol. The molecule has 0 aliphatic heterocycles. The number of hydrogen-bond donors (Lipinski definition) is 0. The second-order valence-electron chi connectivity index (χ2n) is 5.59. The van der Waals surface area contributed by atoms with Crippen molar-refractivity contribution in [1.82, 2.24) is 4.90 Å². The molecule has 6 heteroatoms. The standard InChI is InChI=1S/C19H19FN2O3/c20-16-9-7-15(8-10-16)18(23)5-1-6-19(24)22(12-3-11-21)14-17-4-2-13-25-17/h2,4,7-10,13H,1,3,5-6,12,14H2. The number of carbonyl (C=O) groups is 2. The van der Waals surface area contributed by atoms with Gasteiger partial charge >= 0.3 is 0 Å². The van der Waals surface area contributed by atoms with Crippen LogP contribution in [0.5, 0.6) is 0 Å². The van der Waals surface area contributed by atoms with Crippen molar-refractivity contribution in [2.45, 2.75) is 32.2 Å². The summed E-state index contributed by atoms with van der Waals surface area (Å²) >= 11 is 0. The van der Waals surface area contributed by atoms with Gasteiger partial charge in [0.1, 0.15) is 11.6 Å². The third-order valence-electron chi connectivity index (χ3n) is 3.73. The van der Waals surface area contributed by atoms with Crippen molar-refractivity contribution < 1.29 is 18.4 Å². The van der Waals surface area contributed by atoms with Crippen LogP contribution < -0.4 is 0 Å². The van der Waals surface area contributed by atoms with E-state index in [-0.39, 0.29) is 31.0 Å². The third kappa shape index (κ3) is 5.88. The minimum absolute atomic E-state index is 0.123. The van der Waals surface area contributed by atoms with E-state index >= 15 is 0 Å². The SMILES string of the molecule is N#CCCN(Cc1ccco1)C(=O)CCCC(=O)c1ccc(F)cc1. The second kappa shape index (κ2) is 9.38. The maximum atomic E-state index is 12.9. The molecule has 0 aliphatic carbocycles. The van der Waals surface area contributed by atoms with Gasteiger partial charge in [0.15, 0.2) is 5.78 Å². The van der Waals surface area contributed by atoms with Gasteiger partial charge in [-0.1, -0.05) is 0 Å². The summed E-state index contributed by atoms with van der Waals surface area (Å²) in [7, 11) is 0. The van der Waals surface area contributed by atoms with E-state index in [1.165, 1.54) is 30.5 Å². The fourth-order valence-corrected chi connectivity index (χ4v) is 2.41. The number of hydrogen-bond acceptors (Lipinski definition) is 4. The predicted octanol–water partition coefficient (Wildman–Crippen LogP) is 3.71. The van der Waals surface area contributed by atoms with Crippen molar-refractivity contribution in [1.29, 1.82) is 5.26 Å². The number of amides is 1. The Kier molecular flexibility index (Phi) is 6.90. The van der Waals surface area contributed by atoms with Crippen LogP contribution in [-0.2, 0) is 11.3 Å². The van der Waals surface area contributed by atoms with E-state index in [0.29, 0.717) is 30.8 Å². The zero-order valence-corrected chi connectivity index (χ0v) is 13.8. The summed E-state index contributed by atoms with van der Waals surface area (Å²) in [6, 6.07) is 10.9. The van der Waals surface area contributed by atoms with Crippen LogP contribution in [-0.4, -0.2) is 23.1 Å². The number of nitriles is 1. The Morgan fingerprint density at radius 1 is 1.16 bits per heavy atom. The number of ketones is 1. The average molecular weight is 342 g/mol. The maximum absolute atomic E-state index is 12.9. The molecule has 0 bridgehead atoms. The van der Waals surface area contributed by atoms with Crippen molar-refractivity contribution in [2.75, 3.05) is 6.54 Å². The first kappa shape index (κ1) is 18.4. The third-order valence-corrected chi connectivity index (χ3v) is 3.73. The number of furan rings is 1. The van der Waals surface area contributed by atoms with E-state index in [1.54, 1.807) is 17.0 Å². The normalized spacial score (nSPS) is 10.2. The summed E-state index contributed by atoms with van der Waals surface area (Å²) in [4.78, 5) is 25.9. The first-order valence-corrected chi connectivity index (χ1v) is 8.06. The largest absolute Gasteiger partial charge is 0.467 e. The van der Waals surface area contributed by atoms with Gasteiger partial charge in [-0.15, -0.1) is 0 Å². The van der Waals surface area contributed by atoms with Gasteiger partial charge in [-0.3, -0.25) is 9.59 Å². The number of nitrogens with zero attached hydrogens (tertiary/aromatic N) is 2. The molecule has 25 heavy (non-hydrogen) atoms. The molecule has 1 heterocycles. The molecule has 1 aromatic heterocycles. The Bertz CT molecular complexity index is 733. The highest BCUT2D eigenvalue weighted by atomic mass is 19.1. The summed E-state index contributed by atoms with van der Waals surface area (Å²) in [5.74, 6) is 0.00688. The van der Waals surface area contributed by atoms with Crippen LogP contribution in [0.3, 0.4) is 0 Å². The minimum atomic E-state index is -0.391. The highest BCUT2D eigenvalue weighted by molar-refractivity contribution is 5.96. The van der Waals surface area contributed by atoms with E-state index in [2.05, 4.69) is 0 Å². The topological polar surface area (TPSA) is 74.3 Å². The van der Waals surface area contributed by atoms with Gasteiger partial charge in [-0.05, 0) is 42.8 Å². The lowest BCUT2D eigenvalue weighted by atomic mass is 10.1. The molecule has 0 radical (unpaired) electrons. The Morgan fingerprint density at radius 3 is 2.56 bits per heavy atom. The monoisotopic (exact) mass is 342 g/mol. The zero-order valence-electron chi connectivity index (χ0n) is 13.8. The molecule has 0 atom stereocenters. The Morgan fingerprint density at radius 2 is 1.92 bits per heavy atom. The van der Waals surface area contributed by atoms with E-state index < -0.39 is 5.82 Å². The van der Waals surface area contributed by atoms with Gasteiger partial charge in [0, 0.05) is 24.9 Å². The fourth-order valence-electron chi connectivity index (χ4n) is 2.41. The highest BCUT2D eigenvalue weighted by Crippen LogP contribution is 2.12. The lowest BCUT2D eigenvalue weighted by Gasteiger charge is -2.20. The van der Waals surface area contributed by atoms with Crippen molar-refractivity contribution in [3.8, 4) is 6.07 Å². The molecule has 0 spiro atoms. The molecule has 1 amide bonds. The first-order valence-electron chi connectivity index (χ1n) is 8.06. The molecule has 1 aromatic carbocycles. The van der Waals surface area contributed by atoms with Crippen molar-refractivity contribution in [2.24, 2.45) is 0 Å². The summed E-state index contributed by atoms with van der Waals surface area (Å²) in [6.07, 6.45) is 2.59. The number of benzene rings is 1. The van der Waals surface area contributed by atoms with Gasteiger partial charge in [-0.2, -0.15) is 5.26 Å². The van der Waals surface area contributed by atoms with Crippen LogP contribution in [0.1, 0.15) is 41.8 Å². The second-order valence-corrected chi connectivity index (χ2v) is 5.59. The molecular weight excluding hydrogens is 323 g/mol. The minimum Gasteiger partial charge on any atom is -0.467 e. The van der Waals surface area contributed by atoms with Gasteiger partial charge in [0.25, 0.3) is 0 Å². The quantitative estimate of drug-likeness (QED) is 0.651. The molecule has 0 fully saturated rings. The smallest absolute Gasteiger partial charge is 0.223 e. The number of carbonyl (C=O) groups excluding carboxylic acids is 2. The summed E-state index contributed by atoms with van der Waals surface area (Å²) < 4.78 is 18.1. The molecule has 0 N–H and O–H groups in total. The summed E-state index contributed by atoms with van der Waals surface area (Å²) in [5, 5.41) is 8.73. The molecule has 0 saturated heterocycles. The van der Waals surface area contributed by atoms with Gasteiger partial charge in [-0.25, -0.2) is 4.39 Å². The van der Waals surface area contributed by atoms with Crippen LogP contribution in [0.25, 0.3) is 0 Å². The van der Waals surface area contributed by atoms with Crippen LogP contribution in [0.15, 0.2) is 47.1 Å². The van der Waals surface area contributed by atoms with Crippen LogP contribution in [0, 0.1) is 17.1 Å². The van der Waals surface area contributed by atoms with E-state index in [4.69, 9.17) is 9.68 Å². The van der Waals surface area contributed by atoms with Gasteiger partial charge in [0.2, 0.25) is 5.91 Å². The van der Waals surface area contributed by atoms with E-state index in [9.17, 15) is 14.0 Å². The molecule has 130 valence electrons. The lowest BCUT2D eigenvalue weighted by Crippen LogP contribution is -2.31. The van der Waals surface area contributed by atoms with Crippen molar-refractivity contribution in [3.63, 3.8) is 0 Å². The fraction of sp³-hybridized carbons (Fsp3) is 0.316. The maximum Gasteiger partial charge on any atom is 0.223 e. The van der Waals surface area contributed by atoms with Gasteiger partial charge < -0.3 is 9.32 Å². The molecule has 2 aromatic rings. The molecular formula is C19H19FN2O3. The molecule has 0 saturated carbocycles. The summed E-state index contributed by atoms with van der Waals surface area (Å²) in [5.41, 5.74) is 0.436. The number of halogens is 1. The Labute approximate surface area is 145 Å². The van der Waals surface area contributed by atoms with E-state index in [1.807, 2.05) is 6.07 Å². The Balaban J connectivity index is 1.84. The lowest BCUT2D eigenvalue weighted by molar-refractivity contribution is -0.132. The number of Topliss-reactive ketones (excluding diaryl/α,β-unsaturated/α-hetero) is 1. The molecule has 5 nitrogen and oxygen atoms in total. The van der Waals surface area contributed by atoms with Crippen molar-refractivity contribution in [3.05, 3.63) is 59.8 Å². The average Bonchev–Trinajstić information content (AvgIpc) is 3.12. The van der Waals surface area contributed by atoms with Crippen LogP contribution in [0.2, 0.25) is 0 Å². The highest BCUT2D eigenvalue weighted by Gasteiger charge is 2.16. The summed E-state index contributed by atoms with van der Waals surface area (Å²) in [6.45, 7) is 0.626. The van der Waals surface area contributed by atoms with Crippen LogP contribution in [0.4, 0.5) is 4.39 Å². The first-order chi connectivity index (χ1) is 12.1. The Hall–Kier alpha value is -2.94. The zero-order chi connectivity index (χ0) is 18.1. The van der Waals surface area contributed by atoms with Crippen LogP contribution >= 0.6 is 0 Å².